The number of ether oxygens (including phenoxy) is 1. The zero-order valence-electron chi connectivity index (χ0n) is 7.52. The Morgan fingerprint density at radius 2 is 2.00 bits per heavy atom. The SMILES string of the molecule is O=[Se](O)OC1(CO)O[C@H](CO)[C@@H](O)[C@@H]1O. The van der Waals surface area contributed by atoms with Crippen LogP contribution in [0.4, 0.5) is 0 Å². The van der Waals surface area contributed by atoms with Gasteiger partial charge in [0.05, 0.1) is 0 Å². The molecule has 15 heavy (non-hydrogen) atoms. The van der Waals surface area contributed by atoms with Crippen molar-refractivity contribution in [1.82, 2.24) is 0 Å². The monoisotopic (exact) mass is 292 g/mol. The van der Waals surface area contributed by atoms with Gasteiger partial charge < -0.3 is 0 Å². The first-order valence-corrected chi connectivity index (χ1v) is 6.19. The first-order valence-electron chi connectivity index (χ1n) is 4.03. The van der Waals surface area contributed by atoms with Crippen molar-refractivity contribution in [1.29, 1.82) is 0 Å². The van der Waals surface area contributed by atoms with Crippen LogP contribution in [0.25, 0.3) is 0 Å². The van der Waals surface area contributed by atoms with Crippen LogP contribution < -0.4 is 0 Å². The van der Waals surface area contributed by atoms with E-state index in [4.69, 9.17) is 19.1 Å². The summed E-state index contributed by atoms with van der Waals surface area (Å²) < 4.78 is 28.3. The van der Waals surface area contributed by atoms with Crippen molar-refractivity contribution in [2.45, 2.75) is 24.1 Å². The predicted molar refractivity (Wildman–Crippen MR) is 43.5 cm³/mol. The molecule has 0 aliphatic carbocycles. The van der Waals surface area contributed by atoms with Crippen molar-refractivity contribution < 1.29 is 37.0 Å². The quantitative estimate of drug-likeness (QED) is 0.333. The third-order valence-corrected chi connectivity index (χ3v) is 3.01. The van der Waals surface area contributed by atoms with Gasteiger partial charge in [0.2, 0.25) is 0 Å². The Morgan fingerprint density at radius 1 is 1.40 bits per heavy atom. The van der Waals surface area contributed by atoms with E-state index in [1.165, 1.54) is 0 Å². The maximum atomic E-state index is 10.5. The second kappa shape index (κ2) is 4.91. The molecule has 5 atom stereocenters. The van der Waals surface area contributed by atoms with Crippen molar-refractivity contribution in [3.63, 3.8) is 0 Å². The Labute approximate surface area is 89.4 Å². The van der Waals surface area contributed by atoms with E-state index in [9.17, 15) is 14.0 Å². The number of aliphatic hydroxyl groups is 4. The molecule has 1 rings (SSSR count). The molecule has 0 bridgehead atoms. The Bertz CT molecular complexity index is 247. The van der Waals surface area contributed by atoms with E-state index in [0.717, 1.165) is 0 Å². The molecular formula is C6H12O8Se. The van der Waals surface area contributed by atoms with Crippen LogP contribution in [0, 0.1) is 0 Å². The van der Waals surface area contributed by atoms with Crippen LogP contribution in [0.15, 0.2) is 0 Å². The molecule has 0 saturated carbocycles. The molecule has 0 aromatic rings. The van der Waals surface area contributed by atoms with Gasteiger partial charge in [-0.1, -0.05) is 0 Å². The zero-order chi connectivity index (χ0) is 11.6. The fourth-order valence-electron chi connectivity index (χ4n) is 1.35. The van der Waals surface area contributed by atoms with Gasteiger partial charge in [0, 0.05) is 0 Å². The van der Waals surface area contributed by atoms with E-state index in [0.29, 0.717) is 0 Å². The van der Waals surface area contributed by atoms with Crippen molar-refractivity contribution in [3.8, 4) is 0 Å². The van der Waals surface area contributed by atoms with Crippen LogP contribution in [0.3, 0.4) is 0 Å². The molecule has 1 aliphatic heterocycles. The molecule has 2 unspecified atom stereocenters. The van der Waals surface area contributed by atoms with Gasteiger partial charge in [-0.05, 0) is 0 Å². The fraction of sp³-hybridized carbons (Fsp3) is 1.00. The summed E-state index contributed by atoms with van der Waals surface area (Å²) in [5, 5.41) is 36.5. The summed E-state index contributed by atoms with van der Waals surface area (Å²) in [6.45, 7) is -1.52. The predicted octanol–water partition coefficient (Wildman–Crippen LogP) is -3.79. The standard InChI is InChI=1S/C6H12O8Se/c7-1-3-4(9)5(10)6(2-8,13-3)14-15(11)12/h3-5,7-10H,1-2H2,(H,11,12)/t3-,4-,5+,6?/m1/s1. The van der Waals surface area contributed by atoms with Crippen molar-refractivity contribution in [2.75, 3.05) is 13.2 Å². The molecule has 0 spiro atoms. The van der Waals surface area contributed by atoms with Gasteiger partial charge in [-0.15, -0.1) is 0 Å². The molecular weight excluding hydrogens is 279 g/mol. The number of hydrogen-bond acceptors (Lipinski definition) is 7. The number of aliphatic hydroxyl groups excluding tert-OH is 4. The third-order valence-electron chi connectivity index (χ3n) is 2.12. The molecule has 1 heterocycles. The Balaban J connectivity index is 2.86. The second-order valence-electron chi connectivity index (χ2n) is 3.04. The molecule has 1 saturated heterocycles. The van der Waals surface area contributed by atoms with Crippen molar-refractivity contribution in [2.24, 2.45) is 0 Å². The van der Waals surface area contributed by atoms with Gasteiger partial charge in [-0.3, -0.25) is 0 Å². The van der Waals surface area contributed by atoms with Gasteiger partial charge in [0.1, 0.15) is 0 Å². The van der Waals surface area contributed by atoms with E-state index in [1.807, 2.05) is 0 Å². The van der Waals surface area contributed by atoms with E-state index in [2.05, 4.69) is 3.82 Å². The minimum absolute atomic E-state index is 0.613. The van der Waals surface area contributed by atoms with Crippen LogP contribution in [0.5, 0.6) is 0 Å². The van der Waals surface area contributed by atoms with E-state index in [1.54, 1.807) is 0 Å². The minimum atomic E-state index is -3.67. The molecule has 90 valence electrons. The summed E-state index contributed by atoms with van der Waals surface area (Å²) in [4.78, 5) is 0. The Hall–Kier alpha value is 0.0395. The van der Waals surface area contributed by atoms with Gasteiger partial charge in [-0.2, -0.15) is 0 Å². The zero-order valence-corrected chi connectivity index (χ0v) is 9.23. The van der Waals surface area contributed by atoms with E-state index in [-0.39, 0.29) is 0 Å². The average molecular weight is 291 g/mol. The molecule has 0 radical (unpaired) electrons. The molecule has 5 N–H and O–H groups in total. The summed E-state index contributed by atoms with van der Waals surface area (Å²) in [7, 11) is 0. The van der Waals surface area contributed by atoms with Crippen LogP contribution in [-0.4, -0.2) is 76.4 Å². The maximum absolute atomic E-state index is 10.5. The van der Waals surface area contributed by atoms with E-state index < -0.39 is 51.8 Å². The normalized spacial score (nSPS) is 43.1. The molecule has 0 aromatic heterocycles. The Morgan fingerprint density at radius 3 is 2.33 bits per heavy atom. The summed E-state index contributed by atoms with van der Waals surface area (Å²) in [6.07, 6.45) is -4.36. The van der Waals surface area contributed by atoms with Crippen LogP contribution in [0.2, 0.25) is 0 Å². The van der Waals surface area contributed by atoms with Gasteiger partial charge >= 0.3 is 88.8 Å². The molecule has 8 nitrogen and oxygen atoms in total. The third kappa shape index (κ3) is 2.41. The topological polar surface area (TPSA) is 137 Å². The molecule has 1 aliphatic rings. The van der Waals surface area contributed by atoms with Crippen molar-refractivity contribution >= 4 is 14.5 Å². The van der Waals surface area contributed by atoms with Gasteiger partial charge in [-0.25, -0.2) is 0 Å². The fourth-order valence-corrected chi connectivity index (χ4v) is 2.26. The molecule has 9 heteroatoms. The average Bonchev–Trinajstić information content (AvgIpc) is 2.42. The summed E-state index contributed by atoms with van der Waals surface area (Å²) >= 11 is -3.67. The molecule has 1 fully saturated rings. The molecule has 0 amide bonds. The Kier molecular flexibility index (Phi) is 4.29. The van der Waals surface area contributed by atoms with Crippen LogP contribution in [0.1, 0.15) is 0 Å². The first kappa shape index (κ1) is 13.1. The molecule has 0 aromatic carbocycles. The van der Waals surface area contributed by atoms with Crippen LogP contribution in [-0.2, 0) is 12.4 Å². The summed E-state index contributed by atoms with van der Waals surface area (Å²) in [5.41, 5.74) is 0. The van der Waals surface area contributed by atoms with Crippen molar-refractivity contribution in [3.05, 3.63) is 0 Å². The number of rotatable bonds is 4. The van der Waals surface area contributed by atoms with Crippen LogP contribution >= 0.6 is 0 Å². The summed E-state index contributed by atoms with van der Waals surface area (Å²) in [6, 6.07) is 0. The number of hydrogen-bond donors (Lipinski definition) is 5. The summed E-state index contributed by atoms with van der Waals surface area (Å²) in [5.74, 6) is -2.14. The van der Waals surface area contributed by atoms with E-state index >= 15 is 0 Å². The van der Waals surface area contributed by atoms with Gasteiger partial charge in [0.25, 0.3) is 0 Å². The first-order chi connectivity index (χ1) is 6.96. The second-order valence-corrected chi connectivity index (χ2v) is 4.31. The van der Waals surface area contributed by atoms with Gasteiger partial charge in [0.15, 0.2) is 0 Å².